The van der Waals surface area contributed by atoms with Crippen molar-refractivity contribution in [3.8, 4) is 11.8 Å². The van der Waals surface area contributed by atoms with Crippen molar-refractivity contribution in [2.24, 2.45) is 15.2 Å². The lowest BCUT2D eigenvalue weighted by Crippen LogP contribution is -2.20. The maximum Gasteiger partial charge on any atom is 0.183 e. The number of thiophene rings is 1. The smallest absolute Gasteiger partial charge is 0.183 e. The molecule has 1 aliphatic carbocycles. The van der Waals surface area contributed by atoms with Crippen LogP contribution < -0.4 is 0 Å². The summed E-state index contributed by atoms with van der Waals surface area (Å²) in [6.07, 6.45) is 6.82. The van der Waals surface area contributed by atoms with E-state index in [1.54, 1.807) is 41.1 Å². The Morgan fingerprint density at radius 1 is 0.938 bits per heavy atom. The summed E-state index contributed by atoms with van der Waals surface area (Å²) in [5.74, 6) is 0.247. The number of aromatic nitrogens is 2. The Morgan fingerprint density at radius 3 is 2.33 bits per heavy atom. The Kier molecular flexibility index (Phi) is 9.96. The zero-order chi connectivity index (χ0) is 34.2. The molecule has 12 heteroatoms. The Balaban J connectivity index is 1.41. The number of benzene rings is 3. The van der Waals surface area contributed by atoms with Gasteiger partial charge in [0.05, 0.1) is 42.7 Å². The number of rotatable bonds is 6. The second-order valence-electron chi connectivity index (χ2n) is 11.7. The van der Waals surface area contributed by atoms with Gasteiger partial charge >= 0.3 is 0 Å². The van der Waals surface area contributed by atoms with Crippen molar-refractivity contribution in [3.05, 3.63) is 136 Å². The molecule has 48 heavy (non-hydrogen) atoms. The van der Waals surface area contributed by atoms with Gasteiger partial charge in [-0.3, -0.25) is 0 Å². The Bertz CT molecular complexity index is 2220. The van der Waals surface area contributed by atoms with Gasteiger partial charge in [0.2, 0.25) is 0 Å². The third-order valence-corrected chi connectivity index (χ3v) is 11.0. The first kappa shape index (κ1) is 34.1. The van der Waals surface area contributed by atoms with Gasteiger partial charge in [-0.2, -0.15) is 10.4 Å². The first-order valence-corrected chi connectivity index (χ1v) is 17.3. The zero-order valence-corrected chi connectivity index (χ0v) is 30.4. The lowest BCUT2D eigenvalue weighted by Gasteiger charge is -2.29. The van der Waals surface area contributed by atoms with Crippen LogP contribution in [0.2, 0.25) is 25.2 Å². The molecule has 0 N–H and O–H groups in total. The number of allylic oxidation sites excluding steroid dienone is 2. The van der Waals surface area contributed by atoms with E-state index in [1.165, 1.54) is 11.3 Å². The molecule has 0 radical (unpaired) electrons. The quantitative estimate of drug-likeness (QED) is 0.0984. The number of hydrogen-bond acceptors (Lipinski definition) is 5. The van der Waals surface area contributed by atoms with Crippen LogP contribution in [0, 0.1) is 18.3 Å². The molecule has 6 nitrogen and oxygen atoms in total. The molecule has 0 bridgehead atoms. The number of halogens is 5. The number of nitrogens with zero attached hydrogens (tertiary/aromatic N) is 6. The van der Waals surface area contributed by atoms with Gasteiger partial charge in [-0.25, -0.2) is 9.67 Å². The summed E-state index contributed by atoms with van der Waals surface area (Å²) in [7, 11) is 0. The number of aliphatic imine (C=N–C) groups is 1. The number of nitriles is 1. The van der Waals surface area contributed by atoms with Gasteiger partial charge in [0, 0.05) is 27.0 Å². The minimum absolute atomic E-state index is 0.247. The van der Waals surface area contributed by atoms with E-state index in [9.17, 15) is 5.26 Å². The Labute approximate surface area is 307 Å². The lowest BCUT2D eigenvalue weighted by molar-refractivity contribution is 0.531. The fourth-order valence-electron chi connectivity index (χ4n) is 5.35. The molecule has 0 fully saturated rings. The monoisotopic (exact) mass is 748 g/mol. The molecule has 0 saturated heterocycles. The van der Waals surface area contributed by atoms with E-state index in [4.69, 9.17) is 63.0 Å². The SMILES string of the molecule is Cc1nn(-c2ccccc2)c(Cl)c1/C=C\C1=Cc2c(sc(/N=C(/N=Nc3ccc(Cl)c(Cl)c3)c3ccc(Cl)c(Cl)c3)c2C#N)C(C)(C)C1. The van der Waals surface area contributed by atoms with Crippen molar-refractivity contribution in [2.75, 3.05) is 0 Å². The van der Waals surface area contributed by atoms with Crippen molar-refractivity contribution in [3.63, 3.8) is 0 Å². The van der Waals surface area contributed by atoms with Crippen LogP contribution in [0.25, 0.3) is 17.8 Å². The molecule has 0 spiro atoms. The molecule has 2 aromatic heterocycles. The van der Waals surface area contributed by atoms with Crippen molar-refractivity contribution in [1.29, 1.82) is 5.26 Å². The van der Waals surface area contributed by atoms with E-state index in [0.717, 1.165) is 39.4 Å². The maximum atomic E-state index is 10.4. The van der Waals surface area contributed by atoms with E-state index < -0.39 is 0 Å². The Morgan fingerprint density at radius 2 is 1.65 bits per heavy atom. The van der Waals surface area contributed by atoms with Gasteiger partial charge in [-0.1, -0.05) is 96.1 Å². The van der Waals surface area contributed by atoms with Crippen molar-refractivity contribution in [2.45, 2.75) is 32.6 Å². The van der Waals surface area contributed by atoms with Crippen LogP contribution in [0.4, 0.5) is 10.7 Å². The molecule has 0 atom stereocenters. The highest BCUT2D eigenvalue weighted by Crippen LogP contribution is 2.49. The van der Waals surface area contributed by atoms with Gasteiger partial charge in [0.25, 0.3) is 0 Å². The summed E-state index contributed by atoms with van der Waals surface area (Å²) < 4.78 is 1.73. The van der Waals surface area contributed by atoms with E-state index in [0.29, 0.717) is 47.1 Å². The highest BCUT2D eigenvalue weighted by molar-refractivity contribution is 7.16. The number of amidine groups is 1. The molecular weight excluding hydrogens is 726 g/mol. The normalized spacial score (nSPS) is 14.4. The summed E-state index contributed by atoms with van der Waals surface area (Å²) in [6.45, 7) is 6.25. The predicted octanol–water partition coefficient (Wildman–Crippen LogP) is 13.0. The number of fused-ring (bicyclic) bond motifs is 1. The molecule has 0 aliphatic heterocycles. The van der Waals surface area contributed by atoms with E-state index >= 15 is 0 Å². The van der Waals surface area contributed by atoms with E-state index in [1.807, 2.05) is 55.5 Å². The zero-order valence-electron chi connectivity index (χ0n) is 25.8. The molecule has 3 aromatic carbocycles. The second kappa shape index (κ2) is 14.0. The average Bonchev–Trinajstić information content (AvgIpc) is 3.56. The van der Waals surface area contributed by atoms with Crippen LogP contribution in [0.5, 0.6) is 0 Å². The van der Waals surface area contributed by atoms with Crippen LogP contribution in [0.1, 0.15) is 53.1 Å². The highest BCUT2D eigenvalue weighted by Gasteiger charge is 2.33. The van der Waals surface area contributed by atoms with Crippen LogP contribution in [-0.2, 0) is 5.41 Å². The first-order valence-electron chi connectivity index (χ1n) is 14.6. The molecule has 0 saturated carbocycles. The third-order valence-electron chi connectivity index (χ3n) is 7.69. The van der Waals surface area contributed by atoms with Gasteiger partial charge in [-0.05, 0) is 79.6 Å². The number of para-hydroxylation sites is 1. The minimum Gasteiger partial charge on any atom is -0.221 e. The molecular formula is C36H25Cl5N6S. The molecule has 0 amide bonds. The van der Waals surface area contributed by atoms with Crippen LogP contribution in [-0.4, -0.2) is 15.6 Å². The lowest BCUT2D eigenvalue weighted by atomic mass is 9.77. The summed E-state index contributed by atoms with van der Waals surface area (Å²) >= 11 is 33.1. The summed E-state index contributed by atoms with van der Waals surface area (Å²) in [4.78, 5) is 5.94. The van der Waals surface area contributed by atoms with Gasteiger partial charge in [0.1, 0.15) is 16.2 Å². The Hall–Kier alpha value is -3.74. The number of azo groups is 1. The van der Waals surface area contributed by atoms with Crippen molar-refractivity contribution >= 4 is 98.0 Å². The highest BCUT2D eigenvalue weighted by atomic mass is 35.5. The molecule has 2 heterocycles. The minimum atomic E-state index is -0.286. The maximum absolute atomic E-state index is 10.4. The largest absolute Gasteiger partial charge is 0.221 e. The molecule has 6 rings (SSSR count). The van der Waals surface area contributed by atoms with Crippen molar-refractivity contribution in [1.82, 2.24) is 9.78 Å². The second-order valence-corrected chi connectivity index (χ2v) is 14.6. The van der Waals surface area contributed by atoms with Crippen LogP contribution >= 0.6 is 69.3 Å². The van der Waals surface area contributed by atoms with Crippen LogP contribution in [0.3, 0.4) is 0 Å². The van der Waals surface area contributed by atoms with Gasteiger partial charge in [-0.15, -0.1) is 21.6 Å². The molecule has 1 aliphatic rings. The summed E-state index contributed by atoms with van der Waals surface area (Å²) in [5, 5.41) is 26.4. The van der Waals surface area contributed by atoms with Gasteiger partial charge < -0.3 is 0 Å². The third kappa shape index (κ3) is 7.02. The average molecular weight is 751 g/mol. The van der Waals surface area contributed by atoms with Crippen LogP contribution in [0.15, 0.2) is 93.6 Å². The topological polar surface area (TPSA) is 78.7 Å². The standard InChI is InChI=1S/C36H25Cl5N6S/c1-20-25(33(41)47(46-20)24-7-5-4-6-8-24)12-9-21-15-26-27(19-42)35(48-32(26)36(2,3)18-21)43-34(22-10-13-28(37)30(39)16-22)45-44-23-11-14-29(38)31(40)17-23/h4-17H,18H2,1-3H3/b12-9-,43-34+,45-44?. The van der Waals surface area contributed by atoms with Gasteiger partial charge in [0.15, 0.2) is 5.84 Å². The summed E-state index contributed by atoms with van der Waals surface area (Å²) in [5.41, 5.74) is 5.62. The molecule has 5 aromatic rings. The fraction of sp³-hybridized carbons (Fsp3) is 0.139. The summed E-state index contributed by atoms with van der Waals surface area (Å²) in [6, 6.07) is 22.2. The van der Waals surface area contributed by atoms with E-state index in [-0.39, 0.29) is 11.3 Å². The fourth-order valence-corrected chi connectivity index (χ4v) is 7.48. The first-order chi connectivity index (χ1) is 22.9. The molecule has 240 valence electrons. The predicted molar refractivity (Wildman–Crippen MR) is 201 cm³/mol. The van der Waals surface area contributed by atoms with E-state index in [2.05, 4.69) is 35.2 Å². The van der Waals surface area contributed by atoms with Crippen molar-refractivity contribution < 1.29 is 0 Å². The number of aryl methyl sites for hydroxylation is 1. The molecule has 0 unspecified atom stereocenters. The number of hydrogen-bond donors (Lipinski definition) is 0.